The van der Waals surface area contributed by atoms with Gasteiger partial charge in [0.25, 0.3) is 5.56 Å². The molecule has 4 nitrogen and oxygen atoms in total. The van der Waals surface area contributed by atoms with Gasteiger partial charge in [-0.1, -0.05) is 30.3 Å². The molecule has 0 atom stereocenters. The van der Waals surface area contributed by atoms with E-state index in [0.717, 1.165) is 5.56 Å². The molecule has 23 heavy (non-hydrogen) atoms. The van der Waals surface area contributed by atoms with Gasteiger partial charge in [0.1, 0.15) is 17.4 Å². The Labute approximate surface area is 131 Å². The summed E-state index contributed by atoms with van der Waals surface area (Å²) in [6.45, 7) is 0. The first-order valence-corrected chi connectivity index (χ1v) is 6.88. The van der Waals surface area contributed by atoms with E-state index in [9.17, 15) is 14.4 Å². The highest BCUT2D eigenvalue weighted by Gasteiger charge is 2.15. The van der Waals surface area contributed by atoms with Crippen LogP contribution in [-0.4, -0.2) is 4.98 Å². The third-order valence-corrected chi connectivity index (χ3v) is 3.53. The quantitative estimate of drug-likeness (QED) is 0.713. The van der Waals surface area contributed by atoms with Gasteiger partial charge in [0.15, 0.2) is 0 Å². The van der Waals surface area contributed by atoms with Crippen LogP contribution < -0.4 is 11.3 Å². The van der Waals surface area contributed by atoms with Gasteiger partial charge in [-0.2, -0.15) is 5.26 Å². The summed E-state index contributed by atoms with van der Waals surface area (Å²) in [5.74, 6) is -0.488. The maximum absolute atomic E-state index is 14.1. The smallest absolute Gasteiger partial charge is 0.266 e. The molecular formula is C18H12FN3O. The van der Waals surface area contributed by atoms with Gasteiger partial charge in [0.2, 0.25) is 0 Å². The first-order valence-electron chi connectivity index (χ1n) is 6.88. The van der Waals surface area contributed by atoms with E-state index in [-0.39, 0.29) is 16.7 Å². The molecule has 1 heterocycles. The Balaban J connectivity index is 2.27. The van der Waals surface area contributed by atoms with Crippen molar-refractivity contribution in [2.45, 2.75) is 0 Å². The molecule has 0 bridgehead atoms. The number of nitrogens with zero attached hydrogens (tertiary/aromatic N) is 1. The second-order valence-electron chi connectivity index (χ2n) is 5.01. The lowest BCUT2D eigenvalue weighted by Gasteiger charge is -2.09. The van der Waals surface area contributed by atoms with Gasteiger partial charge in [-0.15, -0.1) is 0 Å². The number of nitrogens with one attached hydrogen (secondary N) is 1. The molecule has 2 aromatic carbocycles. The maximum atomic E-state index is 14.1. The molecule has 0 aliphatic carbocycles. The van der Waals surface area contributed by atoms with Crippen molar-refractivity contribution in [3.8, 4) is 28.5 Å². The van der Waals surface area contributed by atoms with Crippen molar-refractivity contribution in [1.29, 1.82) is 5.26 Å². The highest BCUT2D eigenvalue weighted by molar-refractivity contribution is 5.75. The number of nitriles is 1. The van der Waals surface area contributed by atoms with Crippen molar-refractivity contribution in [3.05, 3.63) is 76.3 Å². The van der Waals surface area contributed by atoms with Crippen LogP contribution in [0.1, 0.15) is 5.56 Å². The van der Waals surface area contributed by atoms with Crippen LogP contribution in [0.3, 0.4) is 0 Å². The van der Waals surface area contributed by atoms with Crippen LogP contribution in [0.5, 0.6) is 0 Å². The fourth-order valence-electron chi connectivity index (χ4n) is 2.38. The van der Waals surface area contributed by atoms with Gasteiger partial charge >= 0.3 is 0 Å². The van der Waals surface area contributed by atoms with E-state index in [4.69, 9.17) is 5.73 Å². The van der Waals surface area contributed by atoms with E-state index >= 15 is 0 Å². The number of aromatic nitrogens is 1. The zero-order valence-electron chi connectivity index (χ0n) is 12.0. The lowest BCUT2D eigenvalue weighted by Crippen LogP contribution is -2.13. The van der Waals surface area contributed by atoms with Crippen LogP contribution >= 0.6 is 0 Å². The van der Waals surface area contributed by atoms with Crippen molar-refractivity contribution in [2.75, 3.05) is 5.73 Å². The van der Waals surface area contributed by atoms with Gasteiger partial charge < -0.3 is 10.7 Å². The second-order valence-corrected chi connectivity index (χ2v) is 5.01. The molecule has 0 radical (unpaired) electrons. The third-order valence-electron chi connectivity index (χ3n) is 3.53. The van der Waals surface area contributed by atoms with Crippen LogP contribution in [0.15, 0.2) is 59.4 Å². The molecule has 0 saturated heterocycles. The number of anilines is 1. The summed E-state index contributed by atoms with van der Waals surface area (Å²) < 4.78 is 14.1. The summed E-state index contributed by atoms with van der Waals surface area (Å²) >= 11 is 0. The second kappa shape index (κ2) is 5.78. The van der Waals surface area contributed by atoms with Gasteiger partial charge in [0, 0.05) is 22.5 Å². The minimum absolute atomic E-state index is 0.116. The fraction of sp³-hybridized carbons (Fsp3) is 0. The average Bonchev–Trinajstić information content (AvgIpc) is 2.55. The Morgan fingerprint density at radius 3 is 2.39 bits per heavy atom. The lowest BCUT2D eigenvalue weighted by molar-refractivity contribution is 0.631. The Morgan fingerprint density at radius 1 is 1.04 bits per heavy atom. The molecule has 0 fully saturated rings. The standard InChI is InChI=1S/C18H12FN3O/c19-16-4-2-1-3-13(16)14-9-17(22-18(23)15(14)10-20)11-5-7-12(21)8-6-11/h1-9H,21H2,(H,22,23). The van der Waals surface area contributed by atoms with E-state index in [1.807, 2.05) is 6.07 Å². The number of H-pyrrole nitrogens is 1. The van der Waals surface area contributed by atoms with Crippen LogP contribution in [0.2, 0.25) is 0 Å². The minimum Gasteiger partial charge on any atom is -0.399 e. The van der Waals surface area contributed by atoms with E-state index < -0.39 is 11.4 Å². The van der Waals surface area contributed by atoms with Crippen molar-refractivity contribution >= 4 is 5.69 Å². The highest BCUT2D eigenvalue weighted by Crippen LogP contribution is 2.28. The molecule has 5 heteroatoms. The van der Waals surface area contributed by atoms with Gasteiger partial charge in [-0.25, -0.2) is 4.39 Å². The van der Waals surface area contributed by atoms with Gasteiger partial charge in [-0.3, -0.25) is 4.79 Å². The zero-order valence-corrected chi connectivity index (χ0v) is 12.0. The zero-order chi connectivity index (χ0) is 16.4. The molecule has 3 rings (SSSR count). The van der Waals surface area contributed by atoms with Crippen molar-refractivity contribution in [3.63, 3.8) is 0 Å². The van der Waals surface area contributed by atoms with Crippen LogP contribution in [-0.2, 0) is 0 Å². The molecule has 0 amide bonds. The normalized spacial score (nSPS) is 10.3. The van der Waals surface area contributed by atoms with Crippen molar-refractivity contribution < 1.29 is 4.39 Å². The summed E-state index contributed by atoms with van der Waals surface area (Å²) in [7, 11) is 0. The molecule has 1 aromatic heterocycles. The Bertz CT molecular complexity index is 969. The third kappa shape index (κ3) is 2.70. The lowest BCUT2D eigenvalue weighted by atomic mass is 9.98. The van der Waals surface area contributed by atoms with Crippen LogP contribution in [0, 0.1) is 17.1 Å². The molecular weight excluding hydrogens is 293 g/mol. The Morgan fingerprint density at radius 2 is 1.74 bits per heavy atom. The number of aromatic amines is 1. The topological polar surface area (TPSA) is 82.7 Å². The summed E-state index contributed by atoms with van der Waals surface area (Å²) in [6, 6.07) is 16.4. The highest BCUT2D eigenvalue weighted by atomic mass is 19.1. The molecule has 0 unspecified atom stereocenters. The van der Waals surface area contributed by atoms with Crippen LogP contribution in [0.4, 0.5) is 10.1 Å². The van der Waals surface area contributed by atoms with Crippen molar-refractivity contribution in [1.82, 2.24) is 4.98 Å². The van der Waals surface area contributed by atoms with E-state index in [2.05, 4.69) is 4.98 Å². The summed E-state index contributed by atoms with van der Waals surface area (Å²) in [4.78, 5) is 14.8. The number of nitrogens with two attached hydrogens (primary N) is 1. The van der Waals surface area contributed by atoms with Crippen LogP contribution in [0.25, 0.3) is 22.4 Å². The first-order chi connectivity index (χ1) is 11.1. The number of hydrogen-bond donors (Lipinski definition) is 2. The minimum atomic E-state index is -0.555. The molecule has 3 aromatic rings. The SMILES string of the molecule is N#Cc1c(-c2ccccc2F)cc(-c2ccc(N)cc2)[nH]c1=O. The Kier molecular flexibility index (Phi) is 3.65. The van der Waals surface area contributed by atoms with E-state index in [0.29, 0.717) is 11.4 Å². The molecule has 0 aliphatic rings. The number of pyridine rings is 1. The molecule has 0 saturated carbocycles. The fourth-order valence-corrected chi connectivity index (χ4v) is 2.38. The van der Waals surface area contributed by atoms with E-state index in [1.165, 1.54) is 12.1 Å². The summed E-state index contributed by atoms with van der Waals surface area (Å²) in [5, 5.41) is 9.24. The average molecular weight is 305 g/mol. The monoisotopic (exact) mass is 305 g/mol. The first kappa shape index (κ1) is 14.5. The van der Waals surface area contributed by atoms with Gasteiger partial charge in [0.05, 0.1) is 0 Å². The largest absolute Gasteiger partial charge is 0.399 e. The summed E-state index contributed by atoms with van der Waals surface area (Å²) in [5.41, 5.74) is 7.27. The van der Waals surface area contributed by atoms with E-state index in [1.54, 1.807) is 42.5 Å². The number of nitrogen functional groups attached to an aromatic ring is 1. The number of halogens is 1. The number of hydrogen-bond acceptors (Lipinski definition) is 3. The predicted molar refractivity (Wildman–Crippen MR) is 87.0 cm³/mol. The molecule has 3 N–H and O–H groups in total. The maximum Gasteiger partial charge on any atom is 0.266 e. The van der Waals surface area contributed by atoms with Gasteiger partial charge in [-0.05, 0) is 29.8 Å². The van der Waals surface area contributed by atoms with Crippen molar-refractivity contribution in [2.24, 2.45) is 0 Å². The number of benzene rings is 2. The molecule has 112 valence electrons. The molecule has 0 spiro atoms. The summed E-state index contributed by atoms with van der Waals surface area (Å²) in [6.07, 6.45) is 0. The Hall–Kier alpha value is -3.39. The molecule has 0 aliphatic heterocycles. The predicted octanol–water partition coefficient (Wildman–Crippen LogP) is 3.30. The number of rotatable bonds is 2.